The van der Waals surface area contributed by atoms with Crippen molar-refractivity contribution in [2.45, 2.75) is 20.0 Å². The highest BCUT2D eigenvalue weighted by atomic mass is 19.1. The molecule has 1 heterocycles. The highest BCUT2D eigenvalue weighted by Crippen LogP contribution is 2.27. The molecule has 0 radical (unpaired) electrons. The van der Waals surface area contributed by atoms with Crippen LogP contribution in [0.15, 0.2) is 18.2 Å². The number of nitrogens with one attached hydrogen (secondary N) is 3. The predicted molar refractivity (Wildman–Crippen MR) is 97.6 cm³/mol. The topological polar surface area (TPSA) is 85.9 Å². The maximum Gasteiger partial charge on any atom is 0.414 e. The van der Waals surface area contributed by atoms with Crippen LogP contribution in [0.2, 0.25) is 0 Å². The van der Waals surface area contributed by atoms with Gasteiger partial charge in [0.25, 0.3) is 0 Å². The van der Waals surface area contributed by atoms with Crippen molar-refractivity contribution < 1.29 is 18.7 Å². The SMILES string of the molecule is CCN(CCNNC)c1ccc(N2C[C@H](CNC(C)=O)OC2=O)cc1F. The summed E-state index contributed by atoms with van der Waals surface area (Å²) in [5.41, 5.74) is 6.73. The number of hydrogen-bond acceptors (Lipinski definition) is 6. The summed E-state index contributed by atoms with van der Waals surface area (Å²) in [6, 6.07) is 4.71. The quantitative estimate of drug-likeness (QED) is 0.443. The molecule has 8 nitrogen and oxygen atoms in total. The predicted octanol–water partition coefficient (Wildman–Crippen LogP) is 0.837. The molecule has 2 rings (SSSR count). The average molecular weight is 367 g/mol. The van der Waals surface area contributed by atoms with E-state index in [1.807, 2.05) is 11.8 Å². The number of cyclic esters (lactones) is 1. The monoisotopic (exact) mass is 367 g/mol. The number of rotatable bonds is 9. The number of benzene rings is 1. The summed E-state index contributed by atoms with van der Waals surface area (Å²) in [7, 11) is 1.78. The fourth-order valence-corrected chi connectivity index (χ4v) is 2.78. The molecule has 1 atom stereocenters. The molecule has 0 spiro atoms. The van der Waals surface area contributed by atoms with Gasteiger partial charge in [-0.2, -0.15) is 0 Å². The van der Waals surface area contributed by atoms with E-state index < -0.39 is 18.0 Å². The summed E-state index contributed by atoms with van der Waals surface area (Å²) < 4.78 is 19.8. The zero-order chi connectivity index (χ0) is 19.1. The molecule has 1 aliphatic rings. The number of hydrazine groups is 1. The first-order valence-electron chi connectivity index (χ1n) is 8.63. The molecule has 0 unspecified atom stereocenters. The molecule has 1 fully saturated rings. The number of carbonyl (C=O) groups is 2. The van der Waals surface area contributed by atoms with Crippen LogP contribution in [0.1, 0.15) is 13.8 Å². The molecule has 0 saturated carbocycles. The highest BCUT2D eigenvalue weighted by molar-refractivity contribution is 5.90. The minimum absolute atomic E-state index is 0.192. The van der Waals surface area contributed by atoms with Crippen molar-refractivity contribution in [3.63, 3.8) is 0 Å². The van der Waals surface area contributed by atoms with Crippen molar-refractivity contribution >= 4 is 23.4 Å². The van der Waals surface area contributed by atoms with Crippen LogP contribution in [0.3, 0.4) is 0 Å². The molecule has 1 saturated heterocycles. The zero-order valence-electron chi connectivity index (χ0n) is 15.3. The van der Waals surface area contributed by atoms with Crippen LogP contribution in [0, 0.1) is 5.82 Å². The third-order valence-electron chi connectivity index (χ3n) is 4.10. The lowest BCUT2D eigenvalue weighted by molar-refractivity contribution is -0.119. The summed E-state index contributed by atoms with van der Waals surface area (Å²) in [5.74, 6) is -0.589. The van der Waals surface area contributed by atoms with Crippen molar-refractivity contribution in [2.24, 2.45) is 0 Å². The number of halogens is 1. The van der Waals surface area contributed by atoms with Crippen molar-refractivity contribution in [1.82, 2.24) is 16.2 Å². The summed E-state index contributed by atoms with van der Waals surface area (Å²) >= 11 is 0. The van der Waals surface area contributed by atoms with Crippen molar-refractivity contribution in [2.75, 3.05) is 49.6 Å². The van der Waals surface area contributed by atoms with E-state index in [4.69, 9.17) is 4.74 Å². The minimum atomic E-state index is -0.543. The Kier molecular flexibility index (Phi) is 7.16. The van der Waals surface area contributed by atoms with E-state index in [-0.39, 0.29) is 19.0 Å². The molecule has 3 N–H and O–H groups in total. The van der Waals surface area contributed by atoms with Gasteiger partial charge in [0.2, 0.25) is 5.91 Å². The molecular weight excluding hydrogens is 341 g/mol. The van der Waals surface area contributed by atoms with E-state index in [9.17, 15) is 14.0 Å². The van der Waals surface area contributed by atoms with Crippen LogP contribution >= 0.6 is 0 Å². The van der Waals surface area contributed by atoms with Crippen molar-refractivity contribution in [3.8, 4) is 0 Å². The fourth-order valence-electron chi connectivity index (χ4n) is 2.78. The number of amides is 2. The van der Waals surface area contributed by atoms with Crippen molar-refractivity contribution in [1.29, 1.82) is 0 Å². The van der Waals surface area contributed by atoms with Gasteiger partial charge in [-0.05, 0) is 32.2 Å². The fraction of sp³-hybridized carbons (Fsp3) is 0.529. The lowest BCUT2D eigenvalue weighted by atomic mass is 10.2. The maximum atomic E-state index is 14.6. The summed E-state index contributed by atoms with van der Waals surface area (Å²) in [6.07, 6.45) is -0.994. The van der Waals surface area contributed by atoms with Crippen LogP contribution < -0.4 is 26.0 Å². The van der Waals surface area contributed by atoms with E-state index in [1.165, 1.54) is 17.9 Å². The lowest BCUT2D eigenvalue weighted by Gasteiger charge is -2.24. The molecule has 2 amide bonds. The first-order chi connectivity index (χ1) is 12.5. The Hall–Kier alpha value is -2.39. The number of carbonyl (C=O) groups excluding carboxylic acids is 2. The number of hydrogen-bond donors (Lipinski definition) is 3. The van der Waals surface area contributed by atoms with E-state index >= 15 is 0 Å². The van der Waals surface area contributed by atoms with Crippen LogP contribution in [0.25, 0.3) is 0 Å². The van der Waals surface area contributed by atoms with Gasteiger partial charge in [0.05, 0.1) is 24.5 Å². The average Bonchev–Trinajstić information content (AvgIpc) is 2.98. The number of ether oxygens (including phenoxy) is 1. The van der Waals surface area contributed by atoms with Gasteiger partial charge in [0.15, 0.2) is 0 Å². The lowest BCUT2D eigenvalue weighted by Crippen LogP contribution is -2.37. The molecule has 9 heteroatoms. The van der Waals surface area contributed by atoms with Gasteiger partial charge in [-0.3, -0.25) is 20.5 Å². The molecule has 0 aromatic heterocycles. The largest absolute Gasteiger partial charge is 0.442 e. The van der Waals surface area contributed by atoms with Gasteiger partial charge < -0.3 is 15.0 Å². The van der Waals surface area contributed by atoms with E-state index in [0.717, 1.165) is 0 Å². The molecular formula is C17H26FN5O3. The van der Waals surface area contributed by atoms with Crippen LogP contribution in [-0.4, -0.2) is 57.9 Å². The molecule has 1 aromatic rings. The molecule has 26 heavy (non-hydrogen) atoms. The first kappa shape index (κ1) is 19.9. The first-order valence-corrected chi connectivity index (χ1v) is 8.63. The Morgan fingerprint density at radius 1 is 1.46 bits per heavy atom. The summed E-state index contributed by atoms with van der Waals surface area (Å²) in [4.78, 5) is 26.3. The molecule has 1 aliphatic heterocycles. The van der Waals surface area contributed by atoms with Gasteiger partial charge in [0, 0.05) is 26.6 Å². The number of likely N-dealkylation sites (N-methyl/N-ethyl adjacent to an activating group) is 1. The molecule has 1 aromatic carbocycles. The third kappa shape index (κ3) is 5.06. The van der Waals surface area contributed by atoms with E-state index in [0.29, 0.717) is 31.0 Å². The highest BCUT2D eigenvalue weighted by Gasteiger charge is 2.32. The molecule has 0 bridgehead atoms. The number of nitrogens with zero attached hydrogens (tertiary/aromatic N) is 2. The normalized spacial score (nSPS) is 16.5. The van der Waals surface area contributed by atoms with Gasteiger partial charge in [-0.25, -0.2) is 9.18 Å². The Bertz CT molecular complexity index is 643. The van der Waals surface area contributed by atoms with Crippen molar-refractivity contribution in [3.05, 3.63) is 24.0 Å². The second-order valence-electron chi connectivity index (χ2n) is 5.95. The summed E-state index contributed by atoms with van der Waals surface area (Å²) in [5, 5.41) is 2.61. The van der Waals surface area contributed by atoms with Crippen LogP contribution in [0.5, 0.6) is 0 Å². The summed E-state index contributed by atoms with van der Waals surface area (Å²) in [6.45, 7) is 5.81. The second-order valence-corrected chi connectivity index (χ2v) is 5.95. The Morgan fingerprint density at radius 2 is 2.23 bits per heavy atom. The van der Waals surface area contributed by atoms with E-state index in [1.54, 1.807) is 19.2 Å². The van der Waals surface area contributed by atoms with Crippen LogP contribution in [-0.2, 0) is 9.53 Å². The molecule has 144 valence electrons. The Labute approximate surface area is 152 Å². The standard InChI is InChI=1S/C17H26FN5O3/c1-4-22(8-7-21-19-3)16-6-5-13(9-15(16)18)23-11-14(26-17(23)25)10-20-12(2)24/h5-6,9,14,19,21H,4,7-8,10-11H2,1-3H3,(H,20,24)/t14-/m0/s1. The zero-order valence-corrected chi connectivity index (χ0v) is 15.3. The second kappa shape index (κ2) is 9.35. The van der Waals surface area contributed by atoms with Gasteiger partial charge >= 0.3 is 6.09 Å². The Morgan fingerprint density at radius 3 is 2.85 bits per heavy atom. The van der Waals surface area contributed by atoms with Gasteiger partial charge in [-0.15, -0.1) is 0 Å². The Balaban J connectivity index is 2.06. The van der Waals surface area contributed by atoms with Gasteiger partial charge in [0.1, 0.15) is 11.9 Å². The maximum absolute atomic E-state index is 14.6. The molecule has 0 aliphatic carbocycles. The van der Waals surface area contributed by atoms with Gasteiger partial charge in [-0.1, -0.05) is 0 Å². The van der Waals surface area contributed by atoms with E-state index in [2.05, 4.69) is 16.2 Å². The third-order valence-corrected chi connectivity index (χ3v) is 4.10. The van der Waals surface area contributed by atoms with Crippen LogP contribution in [0.4, 0.5) is 20.6 Å². The smallest absolute Gasteiger partial charge is 0.414 e. The minimum Gasteiger partial charge on any atom is -0.442 e. The number of anilines is 2.